The summed E-state index contributed by atoms with van der Waals surface area (Å²) in [5, 5.41) is 6.34. The lowest BCUT2D eigenvalue weighted by molar-refractivity contribution is -0.141. The molecule has 0 spiro atoms. The van der Waals surface area contributed by atoms with Crippen molar-refractivity contribution < 1.29 is 18.0 Å². The van der Waals surface area contributed by atoms with Gasteiger partial charge in [0.15, 0.2) is 10.8 Å². The largest absolute Gasteiger partial charge is 0.435 e. The number of aromatic nitrogens is 3. The van der Waals surface area contributed by atoms with Gasteiger partial charge >= 0.3 is 6.18 Å². The van der Waals surface area contributed by atoms with Crippen LogP contribution in [0.15, 0.2) is 42.6 Å². The van der Waals surface area contributed by atoms with Crippen LogP contribution in [0.5, 0.6) is 0 Å². The van der Waals surface area contributed by atoms with Gasteiger partial charge in [-0.15, -0.1) is 0 Å². The first kappa shape index (κ1) is 17.2. The van der Waals surface area contributed by atoms with Gasteiger partial charge in [-0.2, -0.15) is 18.3 Å². The minimum atomic E-state index is -4.53. The van der Waals surface area contributed by atoms with Gasteiger partial charge in [0.2, 0.25) is 5.91 Å². The van der Waals surface area contributed by atoms with Crippen LogP contribution in [0.25, 0.3) is 10.4 Å². The highest BCUT2D eigenvalue weighted by molar-refractivity contribution is 7.19. The Morgan fingerprint density at radius 1 is 1.24 bits per heavy atom. The zero-order valence-corrected chi connectivity index (χ0v) is 13.9. The molecule has 0 bridgehead atoms. The van der Waals surface area contributed by atoms with Gasteiger partial charge in [0.05, 0.1) is 10.6 Å². The van der Waals surface area contributed by atoms with Crippen molar-refractivity contribution in [3.8, 4) is 10.4 Å². The number of aryl methyl sites for hydroxylation is 1. The van der Waals surface area contributed by atoms with E-state index < -0.39 is 17.8 Å². The lowest BCUT2D eigenvalue weighted by Gasteiger charge is -2.03. The molecular formula is C16H13F3N4OS. The predicted molar refractivity (Wildman–Crippen MR) is 88.1 cm³/mol. The highest BCUT2D eigenvalue weighted by Gasteiger charge is 2.33. The number of benzene rings is 1. The number of nitrogens with zero attached hydrogens (tertiary/aromatic N) is 3. The molecule has 5 nitrogen and oxygen atoms in total. The quantitative estimate of drug-likeness (QED) is 0.760. The summed E-state index contributed by atoms with van der Waals surface area (Å²) in [6.07, 6.45) is -3.41. The van der Waals surface area contributed by atoms with Crippen molar-refractivity contribution in [2.45, 2.75) is 19.6 Å². The average Bonchev–Trinajstić information content (AvgIpc) is 3.14. The highest BCUT2D eigenvalue weighted by Crippen LogP contribution is 2.32. The molecule has 25 heavy (non-hydrogen) atoms. The Bertz CT molecular complexity index is 886. The van der Waals surface area contributed by atoms with Gasteiger partial charge in [-0.05, 0) is 18.6 Å². The Hall–Kier alpha value is -2.68. The third-order valence-electron chi connectivity index (χ3n) is 3.32. The van der Waals surface area contributed by atoms with Crippen molar-refractivity contribution in [1.29, 1.82) is 0 Å². The number of carbonyl (C=O) groups is 1. The minimum Gasteiger partial charge on any atom is -0.300 e. The van der Waals surface area contributed by atoms with E-state index in [0.717, 1.165) is 33.1 Å². The molecule has 0 saturated carbocycles. The van der Waals surface area contributed by atoms with Crippen LogP contribution >= 0.6 is 11.3 Å². The number of thiazole rings is 1. The molecule has 0 radical (unpaired) electrons. The van der Waals surface area contributed by atoms with Crippen molar-refractivity contribution >= 4 is 22.4 Å². The standard InChI is InChI=1S/C16H13F3N4OS/c1-10-14(11-5-3-2-4-6-11)25-15(20-10)21-13(24)9-23-8-7-12(22-23)16(17,18)19/h2-8H,9H2,1H3,(H,20,21,24). The highest BCUT2D eigenvalue weighted by atomic mass is 32.1. The fraction of sp³-hybridized carbons (Fsp3) is 0.188. The van der Waals surface area contributed by atoms with Crippen LogP contribution < -0.4 is 5.32 Å². The summed E-state index contributed by atoms with van der Waals surface area (Å²) in [6.45, 7) is 1.51. The normalized spacial score (nSPS) is 11.5. The molecular weight excluding hydrogens is 353 g/mol. The molecule has 1 aromatic carbocycles. The van der Waals surface area contributed by atoms with Crippen molar-refractivity contribution in [2.75, 3.05) is 5.32 Å². The summed E-state index contributed by atoms with van der Waals surface area (Å²) in [5.41, 5.74) is 0.724. The van der Waals surface area contributed by atoms with Crippen molar-refractivity contribution in [3.05, 3.63) is 54.0 Å². The molecule has 0 saturated heterocycles. The summed E-state index contributed by atoms with van der Waals surface area (Å²) < 4.78 is 38.5. The minimum absolute atomic E-state index is 0.324. The van der Waals surface area contributed by atoms with E-state index in [0.29, 0.717) is 5.13 Å². The van der Waals surface area contributed by atoms with Crippen LogP contribution in [-0.2, 0) is 17.5 Å². The second kappa shape index (κ2) is 6.67. The van der Waals surface area contributed by atoms with Gasteiger partial charge in [-0.1, -0.05) is 41.7 Å². The number of alkyl halides is 3. The number of hydrogen-bond donors (Lipinski definition) is 1. The molecule has 0 fully saturated rings. The van der Waals surface area contributed by atoms with Crippen LogP contribution in [0, 0.1) is 6.92 Å². The van der Waals surface area contributed by atoms with Gasteiger partial charge in [0.1, 0.15) is 6.54 Å². The first-order valence-electron chi connectivity index (χ1n) is 7.26. The summed E-state index contributed by atoms with van der Waals surface area (Å²) in [6, 6.07) is 10.4. The zero-order valence-electron chi connectivity index (χ0n) is 13.0. The van der Waals surface area contributed by atoms with Crippen LogP contribution in [0.2, 0.25) is 0 Å². The average molecular weight is 366 g/mol. The fourth-order valence-corrected chi connectivity index (χ4v) is 3.20. The molecule has 0 aliphatic rings. The molecule has 0 aliphatic heterocycles. The number of halogens is 3. The van der Waals surface area contributed by atoms with E-state index >= 15 is 0 Å². The Morgan fingerprint density at radius 3 is 2.60 bits per heavy atom. The zero-order chi connectivity index (χ0) is 18.0. The third-order valence-corrected chi connectivity index (χ3v) is 4.44. The molecule has 9 heteroatoms. The SMILES string of the molecule is Cc1nc(NC(=O)Cn2ccc(C(F)(F)F)n2)sc1-c1ccccc1. The summed E-state index contributed by atoms with van der Waals surface area (Å²) in [5.74, 6) is -0.495. The van der Waals surface area contributed by atoms with Crippen LogP contribution in [0.4, 0.5) is 18.3 Å². The van der Waals surface area contributed by atoms with E-state index in [1.54, 1.807) is 0 Å². The monoisotopic (exact) mass is 366 g/mol. The molecule has 1 N–H and O–H groups in total. The van der Waals surface area contributed by atoms with Gasteiger partial charge in [0.25, 0.3) is 0 Å². The summed E-state index contributed by atoms with van der Waals surface area (Å²) in [7, 11) is 0. The number of nitrogens with one attached hydrogen (secondary N) is 1. The maximum Gasteiger partial charge on any atom is 0.435 e. The molecule has 0 aliphatic carbocycles. The Labute approximate surface area is 145 Å². The molecule has 0 atom stereocenters. The van der Waals surface area contributed by atoms with Gasteiger partial charge < -0.3 is 5.32 Å². The lowest BCUT2D eigenvalue weighted by atomic mass is 10.2. The maximum absolute atomic E-state index is 12.5. The molecule has 1 amide bonds. The molecule has 2 aromatic heterocycles. The lowest BCUT2D eigenvalue weighted by Crippen LogP contribution is -2.19. The number of anilines is 1. The molecule has 0 unspecified atom stereocenters. The Balaban J connectivity index is 1.69. The molecule has 3 aromatic rings. The van der Waals surface area contributed by atoms with Crippen molar-refractivity contribution in [2.24, 2.45) is 0 Å². The summed E-state index contributed by atoms with van der Waals surface area (Å²) >= 11 is 1.31. The fourth-order valence-electron chi connectivity index (χ4n) is 2.21. The summed E-state index contributed by atoms with van der Waals surface area (Å²) in [4.78, 5) is 17.2. The van der Waals surface area contributed by atoms with Crippen molar-refractivity contribution in [3.63, 3.8) is 0 Å². The Kier molecular flexibility index (Phi) is 4.58. The van der Waals surface area contributed by atoms with E-state index in [2.05, 4.69) is 15.4 Å². The second-order valence-corrected chi connectivity index (χ2v) is 6.24. The van der Waals surface area contributed by atoms with Gasteiger partial charge in [0, 0.05) is 6.20 Å². The Morgan fingerprint density at radius 2 is 1.96 bits per heavy atom. The van der Waals surface area contributed by atoms with Crippen LogP contribution in [-0.4, -0.2) is 20.7 Å². The van der Waals surface area contributed by atoms with E-state index in [1.165, 1.54) is 11.3 Å². The van der Waals surface area contributed by atoms with Crippen LogP contribution in [0.1, 0.15) is 11.4 Å². The number of carbonyl (C=O) groups excluding carboxylic acids is 1. The van der Waals surface area contributed by atoms with E-state index in [9.17, 15) is 18.0 Å². The first-order chi connectivity index (χ1) is 11.8. The molecule has 130 valence electrons. The van der Waals surface area contributed by atoms with Gasteiger partial charge in [-0.3, -0.25) is 9.48 Å². The number of amides is 1. The third kappa shape index (κ3) is 4.05. The topological polar surface area (TPSA) is 59.8 Å². The molecule has 2 heterocycles. The molecule has 3 rings (SSSR count). The number of rotatable bonds is 4. The number of hydrogen-bond acceptors (Lipinski definition) is 4. The van der Waals surface area contributed by atoms with Crippen molar-refractivity contribution in [1.82, 2.24) is 14.8 Å². The maximum atomic E-state index is 12.5. The van der Waals surface area contributed by atoms with E-state index in [4.69, 9.17) is 0 Å². The van der Waals surface area contributed by atoms with Crippen LogP contribution in [0.3, 0.4) is 0 Å². The van der Waals surface area contributed by atoms with Gasteiger partial charge in [-0.25, -0.2) is 4.98 Å². The van der Waals surface area contributed by atoms with E-state index in [1.807, 2.05) is 37.3 Å². The second-order valence-electron chi connectivity index (χ2n) is 5.24. The predicted octanol–water partition coefficient (Wildman–Crippen LogP) is 3.97. The van der Waals surface area contributed by atoms with E-state index in [-0.39, 0.29) is 6.54 Å². The first-order valence-corrected chi connectivity index (χ1v) is 8.08. The smallest absolute Gasteiger partial charge is 0.300 e.